The standard InChI is InChI=1S/C27H39NO7/c1-17-14-18(2)27(35-25(32)13-8-6-5-7-12-22(34-4)26(17)33)19(3)21(29)11-9-10-20-15-23(30)28-24(31)16-20/h7-8,12-14,17,19-20,22,26-27,33H,5-6,9-11,15-16H2,1-4H3,(H,28,30,31)/b12-7+,13-8+,18-14-/t17-,19-,22?,26+,27+/m1/s1. The van der Waals surface area contributed by atoms with Crippen LogP contribution in [-0.2, 0) is 28.7 Å². The summed E-state index contributed by atoms with van der Waals surface area (Å²) in [7, 11) is 1.55. The fraction of sp³-hybridized carbons (Fsp3) is 0.630. The highest BCUT2D eigenvalue weighted by atomic mass is 16.5. The lowest BCUT2D eigenvalue weighted by Crippen LogP contribution is -2.38. The lowest BCUT2D eigenvalue weighted by atomic mass is 9.86. The zero-order valence-electron chi connectivity index (χ0n) is 21.2. The van der Waals surface area contributed by atoms with Crippen LogP contribution in [0.1, 0.15) is 65.7 Å². The smallest absolute Gasteiger partial charge is 0.331 e. The molecule has 0 saturated carbocycles. The van der Waals surface area contributed by atoms with Gasteiger partial charge in [0.05, 0.1) is 12.0 Å². The monoisotopic (exact) mass is 489 g/mol. The van der Waals surface area contributed by atoms with Gasteiger partial charge in [-0.3, -0.25) is 19.7 Å². The number of hydrogen-bond donors (Lipinski definition) is 2. The number of rotatable bonds is 7. The number of ether oxygens (including phenoxy) is 2. The van der Waals surface area contributed by atoms with Crippen LogP contribution in [-0.4, -0.2) is 54.1 Å². The topological polar surface area (TPSA) is 119 Å². The quantitative estimate of drug-likeness (QED) is 0.320. The van der Waals surface area contributed by atoms with E-state index in [1.165, 1.54) is 6.08 Å². The third-order valence-electron chi connectivity index (χ3n) is 6.67. The normalized spacial score (nSPS) is 31.3. The molecule has 2 heterocycles. The second-order valence-corrected chi connectivity index (χ2v) is 9.62. The van der Waals surface area contributed by atoms with E-state index in [1.807, 2.05) is 25.2 Å². The van der Waals surface area contributed by atoms with Gasteiger partial charge in [-0.05, 0) is 44.1 Å². The Morgan fingerprint density at radius 3 is 2.51 bits per heavy atom. The number of esters is 1. The number of piperidine rings is 1. The number of amides is 2. The van der Waals surface area contributed by atoms with Crippen LogP contribution in [0.2, 0.25) is 0 Å². The second kappa shape index (κ2) is 14.1. The maximum Gasteiger partial charge on any atom is 0.331 e. The average Bonchev–Trinajstić information content (AvgIpc) is 2.79. The zero-order chi connectivity index (χ0) is 26.0. The number of imide groups is 1. The predicted octanol–water partition coefficient (Wildman–Crippen LogP) is 3.19. The Morgan fingerprint density at radius 1 is 1.20 bits per heavy atom. The first kappa shape index (κ1) is 28.7. The number of hydrogen-bond acceptors (Lipinski definition) is 7. The minimum Gasteiger partial charge on any atom is -0.454 e. The van der Waals surface area contributed by atoms with Gasteiger partial charge in [-0.25, -0.2) is 4.79 Å². The summed E-state index contributed by atoms with van der Waals surface area (Å²) in [6.07, 6.45) is 9.96. The first-order chi connectivity index (χ1) is 16.6. The number of allylic oxidation sites excluding steroid dienone is 2. The van der Waals surface area contributed by atoms with Gasteiger partial charge in [0.25, 0.3) is 0 Å². The van der Waals surface area contributed by atoms with E-state index in [0.717, 1.165) is 0 Å². The van der Waals surface area contributed by atoms with Crippen LogP contribution in [0.5, 0.6) is 0 Å². The van der Waals surface area contributed by atoms with Crippen LogP contribution in [0.4, 0.5) is 0 Å². The Kier molecular flexibility index (Phi) is 11.5. The minimum atomic E-state index is -0.803. The van der Waals surface area contributed by atoms with E-state index in [-0.39, 0.29) is 35.9 Å². The van der Waals surface area contributed by atoms with Gasteiger partial charge in [0.1, 0.15) is 18.0 Å². The average molecular weight is 490 g/mol. The van der Waals surface area contributed by atoms with Crippen molar-refractivity contribution in [2.75, 3.05) is 7.11 Å². The van der Waals surface area contributed by atoms with Gasteiger partial charge in [0, 0.05) is 38.4 Å². The number of carbonyl (C=O) groups excluding carboxylic acids is 4. The Morgan fingerprint density at radius 2 is 1.86 bits per heavy atom. The van der Waals surface area contributed by atoms with E-state index < -0.39 is 30.2 Å². The summed E-state index contributed by atoms with van der Waals surface area (Å²) >= 11 is 0. The molecule has 2 rings (SSSR count). The number of nitrogens with one attached hydrogen (secondary N) is 1. The highest BCUT2D eigenvalue weighted by Gasteiger charge is 2.31. The summed E-state index contributed by atoms with van der Waals surface area (Å²) in [6, 6.07) is 0. The van der Waals surface area contributed by atoms with Crippen LogP contribution in [0.3, 0.4) is 0 Å². The van der Waals surface area contributed by atoms with Gasteiger partial charge >= 0.3 is 5.97 Å². The van der Waals surface area contributed by atoms with Crippen molar-refractivity contribution in [1.29, 1.82) is 0 Å². The van der Waals surface area contributed by atoms with Crippen molar-refractivity contribution >= 4 is 23.6 Å². The molecule has 2 aliphatic heterocycles. The van der Waals surface area contributed by atoms with Crippen LogP contribution < -0.4 is 5.32 Å². The van der Waals surface area contributed by atoms with Gasteiger partial charge in [0.15, 0.2) is 0 Å². The first-order valence-corrected chi connectivity index (χ1v) is 12.4. The van der Waals surface area contributed by atoms with E-state index in [4.69, 9.17) is 9.47 Å². The summed E-state index contributed by atoms with van der Waals surface area (Å²) in [4.78, 5) is 48.6. The molecule has 0 bridgehead atoms. The van der Waals surface area contributed by atoms with Crippen molar-refractivity contribution < 1.29 is 33.8 Å². The molecule has 0 radical (unpaired) electrons. The highest BCUT2D eigenvalue weighted by Crippen LogP contribution is 2.25. The van der Waals surface area contributed by atoms with Crippen molar-refractivity contribution in [3.05, 3.63) is 36.0 Å². The number of carbonyl (C=O) groups is 4. The molecule has 0 aromatic carbocycles. The number of ketones is 1. The molecular formula is C27H39NO7. The van der Waals surface area contributed by atoms with Crippen LogP contribution in [0.15, 0.2) is 36.0 Å². The highest BCUT2D eigenvalue weighted by molar-refractivity contribution is 5.97. The predicted molar refractivity (Wildman–Crippen MR) is 131 cm³/mol. The van der Waals surface area contributed by atoms with Gasteiger partial charge in [-0.1, -0.05) is 38.2 Å². The van der Waals surface area contributed by atoms with Gasteiger partial charge in [0.2, 0.25) is 11.8 Å². The van der Waals surface area contributed by atoms with E-state index in [2.05, 4.69) is 5.32 Å². The summed E-state index contributed by atoms with van der Waals surface area (Å²) in [5, 5.41) is 13.1. The molecule has 0 aromatic heterocycles. The summed E-state index contributed by atoms with van der Waals surface area (Å²) in [5.74, 6) is -2.06. The fourth-order valence-electron chi connectivity index (χ4n) is 4.61. The maximum absolute atomic E-state index is 13.0. The second-order valence-electron chi connectivity index (χ2n) is 9.62. The number of aliphatic hydroxyl groups is 1. The van der Waals surface area contributed by atoms with E-state index >= 15 is 0 Å². The molecule has 0 aliphatic carbocycles. The van der Waals surface area contributed by atoms with Crippen LogP contribution in [0.25, 0.3) is 0 Å². The number of methoxy groups -OCH3 is 1. The molecule has 5 atom stereocenters. The molecule has 1 fully saturated rings. The molecule has 0 spiro atoms. The number of aliphatic hydroxyl groups excluding tert-OH is 1. The SMILES string of the molecule is COC1/C=C/CC/C=C/C(=O)O[C@H]([C@H](C)C(=O)CCCC2CC(=O)NC(=O)C2)/C(C)=C\[C@@H](C)[C@@H]1O. The molecule has 1 unspecified atom stereocenters. The Bertz CT molecular complexity index is 844. The molecule has 2 aliphatic rings. The third kappa shape index (κ3) is 9.18. The molecule has 2 amide bonds. The minimum absolute atomic E-state index is 0.0524. The van der Waals surface area contributed by atoms with E-state index in [9.17, 15) is 24.3 Å². The lowest BCUT2D eigenvalue weighted by molar-refractivity contribution is -0.145. The molecular weight excluding hydrogens is 450 g/mol. The summed E-state index contributed by atoms with van der Waals surface area (Å²) < 4.78 is 11.1. The third-order valence-corrected chi connectivity index (χ3v) is 6.67. The molecule has 8 nitrogen and oxygen atoms in total. The van der Waals surface area contributed by atoms with Crippen molar-refractivity contribution in [3.63, 3.8) is 0 Å². The summed E-state index contributed by atoms with van der Waals surface area (Å²) in [6.45, 7) is 5.39. The van der Waals surface area contributed by atoms with Crippen molar-refractivity contribution in [2.24, 2.45) is 17.8 Å². The molecule has 0 aromatic rings. The number of Topliss-reactive ketones (excluding diaryl/α,β-unsaturated/α-hetero) is 1. The Balaban J connectivity index is 2.11. The molecule has 194 valence electrons. The molecule has 1 saturated heterocycles. The Labute approximate surface area is 207 Å². The van der Waals surface area contributed by atoms with Crippen molar-refractivity contribution in [2.45, 2.75) is 84.0 Å². The van der Waals surface area contributed by atoms with Gasteiger partial charge in [-0.15, -0.1) is 0 Å². The summed E-state index contributed by atoms with van der Waals surface area (Å²) in [5.41, 5.74) is 0.685. The van der Waals surface area contributed by atoms with Crippen LogP contribution in [0, 0.1) is 17.8 Å². The van der Waals surface area contributed by atoms with E-state index in [1.54, 1.807) is 27.0 Å². The van der Waals surface area contributed by atoms with Gasteiger partial charge < -0.3 is 14.6 Å². The number of cyclic esters (lactones) is 1. The largest absolute Gasteiger partial charge is 0.454 e. The zero-order valence-corrected chi connectivity index (χ0v) is 21.2. The molecule has 8 heteroatoms. The fourth-order valence-corrected chi connectivity index (χ4v) is 4.61. The van der Waals surface area contributed by atoms with E-state index in [0.29, 0.717) is 44.1 Å². The molecule has 2 N–H and O–H groups in total. The van der Waals surface area contributed by atoms with Crippen molar-refractivity contribution in [3.8, 4) is 0 Å². The lowest BCUT2D eigenvalue weighted by Gasteiger charge is -2.27. The molecule has 35 heavy (non-hydrogen) atoms. The first-order valence-electron chi connectivity index (χ1n) is 12.4. The van der Waals surface area contributed by atoms with Gasteiger partial charge in [-0.2, -0.15) is 0 Å². The van der Waals surface area contributed by atoms with Crippen LogP contribution >= 0.6 is 0 Å². The maximum atomic E-state index is 13.0. The Hall–Kier alpha value is -2.58. The van der Waals surface area contributed by atoms with Crippen molar-refractivity contribution in [1.82, 2.24) is 5.32 Å².